The van der Waals surface area contributed by atoms with Crippen LogP contribution in [0.4, 0.5) is 0 Å². The van der Waals surface area contributed by atoms with E-state index in [1.807, 2.05) is 0 Å². The Bertz CT molecular complexity index is 417. The number of fused-ring (bicyclic) bond motifs is 1. The number of ketones is 1. The molecule has 0 heterocycles. The van der Waals surface area contributed by atoms with Crippen molar-refractivity contribution in [3.8, 4) is 0 Å². The Kier molecular flexibility index (Phi) is 3.23. The average molecular weight is 214 g/mol. The van der Waals surface area contributed by atoms with Gasteiger partial charge in [-0.1, -0.05) is 31.7 Å². The zero-order chi connectivity index (χ0) is 11.5. The predicted octanol–water partition coefficient (Wildman–Crippen LogP) is 3.42. The van der Waals surface area contributed by atoms with Gasteiger partial charge in [-0.25, -0.2) is 0 Å². The fraction of sp³-hybridized carbons (Fsp3) is 0.400. The Morgan fingerprint density at radius 3 is 3.12 bits per heavy atom. The number of hydrogen-bond donors (Lipinski definition) is 0. The summed E-state index contributed by atoms with van der Waals surface area (Å²) in [5, 5.41) is 0. The van der Waals surface area contributed by atoms with E-state index in [0.717, 1.165) is 6.42 Å². The molecule has 1 unspecified atom stereocenters. The second-order valence-corrected chi connectivity index (χ2v) is 4.64. The molecule has 2 rings (SSSR count). The van der Waals surface area contributed by atoms with Crippen molar-refractivity contribution in [2.45, 2.75) is 38.5 Å². The molecule has 1 aliphatic carbocycles. The van der Waals surface area contributed by atoms with Crippen LogP contribution < -0.4 is 0 Å². The number of aryl methyl sites for hydroxylation is 2. The molecule has 0 aromatic heterocycles. The van der Waals surface area contributed by atoms with E-state index in [1.165, 1.54) is 35.6 Å². The van der Waals surface area contributed by atoms with Crippen LogP contribution in [0.1, 0.15) is 42.4 Å². The Balaban J connectivity index is 2.09. The summed E-state index contributed by atoms with van der Waals surface area (Å²) < 4.78 is 0. The van der Waals surface area contributed by atoms with E-state index < -0.39 is 0 Å². The third-order valence-corrected chi connectivity index (χ3v) is 3.48. The lowest BCUT2D eigenvalue weighted by Crippen LogP contribution is -1.97. The van der Waals surface area contributed by atoms with E-state index in [-0.39, 0.29) is 5.78 Å². The van der Waals surface area contributed by atoms with Gasteiger partial charge in [-0.05, 0) is 47.9 Å². The van der Waals surface area contributed by atoms with Crippen LogP contribution >= 0.6 is 0 Å². The Morgan fingerprint density at radius 1 is 1.56 bits per heavy atom. The maximum absolute atomic E-state index is 11.2. The fourth-order valence-corrected chi connectivity index (χ4v) is 2.38. The molecule has 0 fully saturated rings. The molecular formula is C15H18O. The van der Waals surface area contributed by atoms with Crippen LogP contribution in [-0.2, 0) is 17.6 Å². The van der Waals surface area contributed by atoms with E-state index in [9.17, 15) is 4.79 Å². The Morgan fingerprint density at radius 2 is 2.38 bits per heavy atom. The average Bonchev–Trinajstić information content (AvgIpc) is 2.68. The molecule has 0 bridgehead atoms. The summed E-state index contributed by atoms with van der Waals surface area (Å²) in [5.74, 6) is 0.818. The quantitative estimate of drug-likeness (QED) is 0.702. The molecule has 1 nitrogen and oxygen atoms in total. The van der Waals surface area contributed by atoms with Gasteiger partial charge in [0.05, 0.1) is 0 Å². The largest absolute Gasteiger partial charge is 0.295 e. The monoisotopic (exact) mass is 214 g/mol. The molecule has 1 heteroatoms. The van der Waals surface area contributed by atoms with Crippen molar-refractivity contribution in [2.24, 2.45) is 0 Å². The van der Waals surface area contributed by atoms with Crippen molar-refractivity contribution < 1.29 is 4.79 Å². The highest BCUT2D eigenvalue weighted by molar-refractivity contribution is 5.89. The standard InChI is InChI=1S/C15H18O/c1-3-14(16)9-6-12-5-8-13-7-4-11(2)15(13)10-12/h3,5,8,10-11H,1,4,6-7,9H2,2H3. The first-order valence-electron chi connectivity index (χ1n) is 5.97. The summed E-state index contributed by atoms with van der Waals surface area (Å²) in [6.07, 6.45) is 5.31. The highest BCUT2D eigenvalue weighted by Crippen LogP contribution is 2.33. The van der Waals surface area contributed by atoms with Crippen LogP contribution in [-0.4, -0.2) is 5.78 Å². The lowest BCUT2D eigenvalue weighted by atomic mass is 9.98. The Labute approximate surface area is 97.2 Å². The molecule has 0 spiro atoms. The lowest BCUT2D eigenvalue weighted by Gasteiger charge is -2.07. The van der Waals surface area contributed by atoms with Crippen molar-refractivity contribution >= 4 is 5.78 Å². The van der Waals surface area contributed by atoms with Crippen LogP contribution in [0.15, 0.2) is 30.9 Å². The van der Waals surface area contributed by atoms with Gasteiger partial charge in [-0.3, -0.25) is 4.79 Å². The number of allylic oxidation sites excluding steroid dienone is 1. The van der Waals surface area contributed by atoms with E-state index in [0.29, 0.717) is 12.3 Å². The van der Waals surface area contributed by atoms with Crippen LogP contribution in [0.3, 0.4) is 0 Å². The van der Waals surface area contributed by atoms with E-state index in [1.54, 1.807) is 0 Å². The number of carbonyl (C=O) groups excluding carboxylic acids is 1. The summed E-state index contributed by atoms with van der Waals surface area (Å²) in [6.45, 7) is 5.78. The van der Waals surface area contributed by atoms with Gasteiger partial charge in [0.25, 0.3) is 0 Å². The molecule has 1 aliphatic rings. The maximum Gasteiger partial charge on any atom is 0.155 e. The van der Waals surface area contributed by atoms with Crippen molar-refractivity contribution in [1.82, 2.24) is 0 Å². The smallest absolute Gasteiger partial charge is 0.155 e. The van der Waals surface area contributed by atoms with Crippen LogP contribution in [0.25, 0.3) is 0 Å². The third-order valence-electron chi connectivity index (χ3n) is 3.48. The first kappa shape index (κ1) is 11.1. The second-order valence-electron chi connectivity index (χ2n) is 4.64. The zero-order valence-electron chi connectivity index (χ0n) is 9.83. The molecule has 0 radical (unpaired) electrons. The first-order valence-corrected chi connectivity index (χ1v) is 5.97. The van der Waals surface area contributed by atoms with Crippen molar-refractivity contribution in [3.05, 3.63) is 47.5 Å². The third kappa shape index (κ3) is 2.24. The number of hydrogen-bond acceptors (Lipinski definition) is 1. The van der Waals surface area contributed by atoms with Crippen molar-refractivity contribution in [3.63, 3.8) is 0 Å². The van der Waals surface area contributed by atoms with Gasteiger partial charge < -0.3 is 0 Å². The first-order chi connectivity index (χ1) is 7.70. The molecule has 1 aromatic rings. The minimum absolute atomic E-state index is 0.133. The predicted molar refractivity (Wildman–Crippen MR) is 66.7 cm³/mol. The summed E-state index contributed by atoms with van der Waals surface area (Å²) in [6, 6.07) is 6.67. The van der Waals surface area contributed by atoms with Crippen molar-refractivity contribution in [1.29, 1.82) is 0 Å². The lowest BCUT2D eigenvalue weighted by molar-refractivity contribution is -0.114. The normalized spacial score (nSPS) is 18.2. The molecule has 1 atom stereocenters. The van der Waals surface area contributed by atoms with Gasteiger partial charge in [0.1, 0.15) is 0 Å². The zero-order valence-corrected chi connectivity index (χ0v) is 9.83. The minimum Gasteiger partial charge on any atom is -0.295 e. The molecule has 0 N–H and O–H groups in total. The Hall–Kier alpha value is -1.37. The van der Waals surface area contributed by atoms with E-state index in [2.05, 4.69) is 31.7 Å². The van der Waals surface area contributed by atoms with Gasteiger partial charge in [-0.15, -0.1) is 0 Å². The van der Waals surface area contributed by atoms with Crippen LogP contribution in [0.5, 0.6) is 0 Å². The molecule has 0 amide bonds. The molecule has 1 aromatic carbocycles. The topological polar surface area (TPSA) is 17.1 Å². The summed E-state index contributed by atoms with van der Waals surface area (Å²) in [4.78, 5) is 11.2. The van der Waals surface area contributed by atoms with Crippen LogP contribution in [0, 0.1) is 0 Å². The van der Waals surface area contributed by atoms with Gasteiger partial charge in [0, 0.05) is 6.42 Å². The molecule has 84 valence electrons. The second kappa shape index (κ2) is 4.65. The SMILES string of the molecule is C=CC(=O)CCc1ccc2c(c1)C(C)CC2. The van der Waals surface area contributed by atoms with Crippen molar-refractivity contribution in [2.75, 3.05) is 0 Å². The highest BCUT2D eigenvalue weighted by Gasteiger charge is 2.18. The van der Waals surface area contributed by atoms with Gasteiger partial charge in [0.15, 0.2) is 5.78 Å². The van der Waals surface area contributed by atoms with Gasteiger partial charge in [0.2, 0.25) is 0 Å². The van der Waals surface area contributed by atoms with Crippen LogP contribution in [0.2, 0.25) is 0 Å². The van der Waals surface area contributed by atoms with E-state index >= 15 is 0 Å². The minimum atomic E-state index is 0.133. The summed E-state index contributed by atoms with van der Waals surface area (Å²) in [7, 11) is 0. The molecule has 0 aliphatic heterocycles. The molecule has 0 saturated heterocycles. The summed E-state index contributed by atoms with van der Waals surface area (Å²) in [5.41, 5.74) is 4.26. The van der Waals surface area contributed by atoms with Gasteiger partial charge in [-0.2, -0.15) is 0 Å². The number of benzene rings is 1. The van der Waals surface area contributed by atoms with Gasteiger partial charge >= 0.3 is 0 Å². The number of rotatable bonds is 4. The maximum atomic E-state index is 11.2. The molecular weight excluding hydrogens is 196 g/mol. The summed E-state index contributed by atoms with van der Waals surface area (Å²) >= 11 is 0. The fourth-order valence-electron chi connectivity index (χ4n) is 2.38. The highest BCUT2D eigenvalue weighted by atomic mass is 16.1. The molecule has 16 heavy (non-hydrogen) atoms. The molecule has 0 saturated carbocycles. The number of carbonyl (C=O) groups is 1. The van der Waals surface area contributed by atoms with E-state index in [4.69, 9.17) is 0 Å².